The van der Waals surface area contributed by atoms with Gasteiger partial charge in [-0.25, -0.2) is 19.5 Å². The number of benzene rings is 1. The summed E-state index contributed by atoms with van der Waals surface area (Å²) in [4.78, 5) is 25.4. The molecule has 1 aliphatic rings. The van der Waals surface area contributed by atoms with E-state index in [0.29, 0.717) is 25.2 Å². The van der Waals surface area contributed by atoms with E-state index in [-0.39, 0.29) is 11.9 Å². The van der Waals surface area contributed by atoms with Crippen LogP contribution >= 0.6 is 0 Å². The Morgan fingerprint density at radius 3 is 2.62 bits per heavy atom. The first-order chi connectivity index (χ1) is 12.6. The number of hydrogen-bond donors (Lipinski definition) is 1. The Kier molecular flexibility index (Phi) is 5.55. The lowest BCUT2D eigenvalue weighted by Gasteiger charge is -2.27. The Balaban J connectivity index is 1.76. The van der Waals surface area contributed by atoms with Crippen LogP contribution in [0.5, 0.6) is 0 Å². The molecule has 1 fully saturated rings. The molecule has 1 aromatic heterocycles. The molecular weight excluding hydrogens is 330 g/mol. The van der Waals surface area contributed by atoms with Crippen molar-refractivity contribution in [1.82, 2.24) is 25.1 Å². The normalized spacial score (nSPS) is 13.9. The molecule has 1 N–H and O–H groups in total. The van der Waals surface area contributed by atoms with Crippen LogP contribution in [0.15, 0.2) is 36.5 Å². The van der Waals surface area contributed by atoms with Gasteiger partial charge in [0.05, 0.1) is 23.1 Å². The summed E-state index contributed by atoms with van der Waals surface area (Å²) in [6, 6.07) is 9.47. The van der Waals surface area contributed by atoms with Gasteiger partial charge in [0, 0.05) is 19.6 Å². The molecule has 1 saturated heterocycles. The largest absolute Gasteiger partial charge is 0.337 e. The van der Waals surface area contributed by atoms with Crippen LogP contribution in [0.1, 0.15) is 42.2 Å². The van der Waals surface area contributed by atoms with E-state index in [9.17, 15) is 9.59 Å². The molecule has 2 heterocycles. The molecule has 1 aliphatic heterocycles. The SMILES string of the molecule is CCCCNC(=O)N1CCCN1C(=O)c1cnn(-c2ccccc2)c1C. The second-order valence-electron chi connectivity index (χ2n) is 6.38. The number of hydrogen-bond acceptors (Lipinski definition) is 3. The number of unbranched alkanes of at least 4 members (excludes halogenated alkanes) is 1. The number of aromatic nitrogens is 2. The summed E-state index contributed by atoms with van der Waals surface area (Å²) in [6.07, 6.45) is 4.30. The van der Waals surface area contributed by atoms with E-state index in [2.05, 4.69) is 17.3 Å². The van der Waals surface area contributed by atoms with Crippen molar-refractivity contribution in [1.29, 1.82) is 0 Å². The topological polar surface area (TPSA) is 70.5 Å². The molecule has 0 saturated carbocycles. The molecule has 2 aromatic rings. The highest BCUT2D eigenvalue weighted by molar-refractivity contribution is 5.96. The van der Waals surface area contributed by atoms with E-state index in [0.717, 1.165) is 30.6 Å². The maximum absolute atomic E-state index is 13.0. The third kappa shape index (κ3) is 3.56. The van der Waals surface area contributed by atoms with Crippen LogP contribution in [0.2, 0.25) is 0 Å². The number of amides is 3. The molecule has 0 radical (unpaired) electrons. The van der Waals surface area contributed by atoms with E-state index >= 15 is 0 Å². The van der Waals surface area contributed by atoms with Gasteiger partial charge < -0.3 is 5.32 Å². The van der Waals surface area contributed by atoms with Gasteiger partial charge in [0.25, 0.3) is 5.91 Å². The van der Waals surface area contributed by atoms with Crippen molar-refractivity contribution in [3.05, 3.63) is 47.8 Å². The molecule has 1 aromatic carbocycles. The number of para-hydroxylation sites is 1. The van der Waals surface area contributed by atoms with Gasteiger partial charge in [0.15, 0.2) is 0 Å². The predicted octanol–water partition coefficient (Wildman–Crippen LogP) is 2.75. The van der Waals surface area contributed by atoms with Gasteiger partial charge in [-0.3, -0.25) is 4.79 Å². The molecule has 7 heteroatoms. The summed E-state index contributed by atoms with van der Waals surface area (Å²) >= 11 is 0. The van der Waals surface area contributed by atoms with Gasteiger partial charge in [0.2, 0.25) is 0 Å². The van der Waals surface area contributed by atoms with E-state index in [1.807, 2.05) is 37.3 Å². The molecule has 7 nitrogen and oxygen atoms in total. The monoisotopic (exact) mass is 355 g/mol. The Morgan fingerprint density at radius 1 is 1.15 bits per heavy atom. The van der Waals surface area contributed by atoms with E-state index in [1.165, 1.54) is 10.0 Å². The van der Waals surface area contributed by atoms with Gasteiger partial charge in [-0.2, -0.15) is 5.10 Å². The lowest BCUT2D eigenvalue weighted by molar-refractivity contribution is 0.0376. The minimum Gasteiger partial charge on any atom is -0.337 e. The number of carbonyl (C=O) groups is 2. The Morgan fingerprint density at radius 2 is 1.88 bits per heavy atom. The highest BCUT2D eigenvalue weighted by Crippen LogP contribution is 2.19. The molecule has 0 aliphatic carbocycles. The first kappa shape index (κ1) is 18.0. The lowest BCUT2D eigenvalue weighted by atomic mass is 10.2. The minimum atomic E-state index is -0.211. The fraction of sp³-hybridized carbons (Fsp3) is 0.421. The van der Waals surface area contributed by atoms with Crippen LogP contribution in [0, 0.1) is 6.92 Å². The number of urea groups is 1. The zero-order valence-corrected chi connectivity index (χ0v) is 15.3. The molecule has 3 amide bonds. The van der Waals surface area contributed by atoms with Crippen LogP contribution in [0.25, 0.3) is 5.69 Å². The average molecular weight is 355 g/mol. The maximum Gasteiger partial charge on any atom is 0.336 e. The number of hydrazine groups is 1. The second kappa shape index (κ2) is 8.03. The van der Waals surface area contributed by atoms with Crippen molar-refractivity contribution in [3.63, 3.8) is 0 Å². The van der Waals surface area contributed by atoms with Gasteiger partial charge in [-0.15, -0.1) is 0 Å². The predicted molar refractivity (Wildman–Crippen MR) is 99.0 cm³/mol. The first-order valence-electron chi connectivity index (χ1n) is 9.10. The van der Waals surface area contributed by atoms with Crippen molar-refractivity contribution in [2.45, 2.75) is 33.1 Å². The van der Waals surface area contributed by atoms with Gasteiger partial charge in [0.1, 0.15) is 0 Å². The van der Waals surface area contributed by atoms with Crippen LogP contribution in [0.4, 0.5) is 4.79 Å². The molecule has 3 rings (SSSR count). The van der Waals surface area contributed by atoms with Crippen LogP contribution in [0.3, 0.4) is 0 Å². The molecule has 138 valence electrons. The summed E-state index contributed by atoms with van der Waals surface area (Å²) in [6.45, 7) is 5.66. The number of rotatable bonds is 5. The van der Waals surface area contributed by atoms with E-state index < -0.39 is 0 Å². The highest BCUT2D eigenvalue weighted by atomic mass is 16.2. The van der Waals surface area contributed by atoms with Crippen molar-refractivity contribution < 1.29 is 9.59 Å². The maximum atomic E-state index is 13.0. The highest BCUT2D eigenvalue weighted by Gasteiger charge is 2.32. The number of carbonyl (C=O) groups excluding carboxylic acids is 2. The van der Waals surface area contributed by atoms with Crippen molar-refractivity contribution in [2.24, 2.45) is 0 Å². The quantitative estimate of drug-likeness (QED) is 0.839. The zero-order chi connectivity index (χ0) is 18.5. The van der Waals surface area contributed by atoms with Crippen LogP contribution < -0.4 is 5.32 Å². The smallest absolute Gasteiger partial charge is 0.336 e. The lowest BCUT2D eigenvalue weighted by Crippen LogP contribution is -2.49. The zero-order valence-electron chi connectivity index (χ0n) is 15.3. The Hall–Kier alpha value is -2.83. The molecule has 26 heavy (non-hydrogen) atoms. The van der Waals surface area contributed by atoms with Crippen LogP contribution in [-0.4, -0.2) is 51.4 Å². The Labute approximate surface area is 153 Å². The Bertz CT molecular complexity index is 771. The standard InChI is InChI=1S/C19H25N5O2/c1-3-4-11-20-19(26)23-13-8-12-22(23)18(25)17-14-21-24(15(17)2)16-9-6-5-7-10-16/h5-7,9-10,14H,3-4,8,11-13H2,1-2H3,(H,20,26). The fourth-order valence-electron chi connectivity index (χ4n) is 3.09. The second-order valence-corrected chi connectivity index (χ2v) is 6.38. The van der Waals surface area contributed by atoms with Crippen molar-refractivity contribution in [2.75, 3.05) is 19.6 Å². The average Bonchev–Trinajstić information content (AvgIpc) is 3.29. The third-order valence-corrected chi connectivity index (χ3v) is 4.55. The van der Waals surface area contributed by atoms with Gasteiger partial charge in [-0.05, 0) is 31.9 Å². The molecule has 0 spiro atoms. The van der Waals surface area contributed by atoms with E-state index in [4.69, 9.17) is 0 Å². The third-order valence-electron chi connectivity index (χ3n) is 4.55. The first-order valence-corrected chi connectivity index (χ1v) is 9.10. The number of nitrogens with one attached hydrogen (secondary N) is 1. The molecule has 0 atom stereocenters. The fourth-order valence-corrected chi connectivity index (χ4v) is 3.09. The summed E-state index contributed by atoms with van der Waals surface area (Å²) in [5.41, 5.74) is 2.18. The molecule has 0 unspecified atom stereocenters. The minimum absolute atomic E-state index is 0.187. The van der Waals surface area contributed by atoms with E-state index in [1.54, 1.807) is 10.9 Å². The summed E-state index contributed by atoms with van der Waals surface area (Å²) in [7, 11) is 0. The van der Waals surface area contributed by atoms with Crippen LogP contribution in [-0.2, 0) is 0 Å². The summed E-state index contributed by atoms with van der Waals surface area (Å²) in [5, 5.41) is 10.3. The van der Waals surface area contributed by atoms with Gasteiger partial charge in [-0.1, -0.05) is 31.5 Å². The van der Waals surface area contributed by atoms with Crippen molar-refractivity contribution >= 4 is 11.9 Å². The summed E-state index contributed by atoms with van der Waals surface area (Å²) in [5.74, 6) is -0.187. The van der Waals surface area contributed by atoms with Gasteiger partial charge >= 0.3 is 6.03 Å². The number of nitrogens with zero attached hydrogens (tertiary/aromatic N) is 4. The summed E-state index contributed by atoms with van der Waals surface area (Å²) < 4.78 is 1.75. The van der Waals surface area contributed by atoms with Crippen molar-refractivity contribution in [3.8, 4) is 5.69 Å². The molecular formula is C19H25N5O2. The molecule has 0 bridgehead atoms.